The summed E-state index contributed by atoms with van der Waals surface area (Å²) in [5.41, 5.74) is 2.47. The van der Waals surface area contributed by atoms with Crippen molar-refractivity contribution in [3.05, 3.63) is 54.2 Å². The molecule has 0 aliphatic carbocycles. The number of nitrogens with one attached hydrogen (secondary N) is 1. The number of benzene rings is 1. The molecule has 1 aliphatic heterocycles. The quantitative estimate of drug-likeness (QED) is 0.854. The zero-order valence-corrected chi connectivity index (χ0v) is 14.4. The average molecular weight is 325 g/mol. The molecule has 4 nitrogen and oxygen atoms in total. The number of nitrogens with zero attached hydrogens (tertiary/aromatic N) is 2. The third kappa shape index (κ3) is 4.48. The first-order valence-electron chi connectivity index (χ1n) is 8.91. The number of aliphatic hydroxyl groups is 1. The molecule has 1 unspecified atom stereocenters. The van der Waals surface area contributed by atoms with E-state index in [0.29, 0.717) is 6.04 Å². The van der Waals surface area contributed by atoms with Gasteiger partial charge in [0.05, 0.1) is 11.8 Å². The van der Waals surface area contributed by atoms with Crippen LogP contribution in [0, 0.1) is 0 Å². The van der Waals surface area contributed by atoms with E-state index in [0.717, 1.165) is 50.3 Å². The van der Waals surface area contributed by atoms with E-state index >= 15 is 0 Å². The Morgan fingerprint density at radius 3 is 2.67 bits per heavy atom. The van der Waals surface area contributed by atoms with Crippen molar-refractivity contribution in [1.29, 1.82) is 0 Å². The fourth-order valence-electron chi connectivity index (χ4n) is 3.20. The molecule has 2 heterocycles. The molecule has 1 atom stereocenters. The normalized spacial score (nSPS) is 16.8. The van der Waals surface area contributed by atoms with Crippen LogP contribution in [0.25, 0.3) is 0 Å². The molecule has 0 radical (unpaired) electrons. The Bertz CT molecular complexity index is 624. The predicted molar refractivity (Wildman–Crippen MR) is 99.5 cm³/mol. The fourth-order valence-corrected chi connectivity index (χ4v) is 3.20. The van der Waals surface area contributed by atoms with Crippen molar-refractivity contribution in [2.75, 3.05) is 23.3 Å². The predicted octanol–water partition coefficient (Wildman–Crippen LogP) is 3.48. The molecule has 1 aromatic carbocycles. The third-order valence-corrected chi connectivity index (χ3v) is 4.66. The van der Waals surface area contributed by atoms with Crippen LogP contribution in [-0.4, -0.2) is 35.3 Å². The van der Waals surface area contributed by atoms with Gasteiger partial charge in [-0.2, -0.15) is 0 Å². The second kappa shape index (κ2) is 8.15. The Hall–Kier alpha value is -2.07. The fraction of sp³-hybridized carbons (Fsp3) is 0.450. The molecule has 24 heavy (non-hydrogen) atoms. The zero-order chi connectivity index (χ0) is 16.8. The van der Waals surface area contributed by atoms with Gasteiger partial charge in [0.1, 0.15) is 0 Å². The van der Waals surface area contributed by atoms with Crippen LogP contribution < -0.4 is 10.2 Å². The Kier molecular flexibility index (Phi) is 5.70. The molecule has 128 valence electrons. The summed E-state index contributed by atoms with van der Waals surface area (Å²) in [5.74, 6) is 1.01. The number of aryl methyl sites for hydroxylation is 1. The topological polar surface area (TPSA) is 48.4 Å². The van der Waals surface area contributed by atoms with Crippen molar-refractivity contribution in [2.24, 2.45) is 0 Å². The average Bonchev–Trinajstić information content (AvgIpc) is 2.62. The summed E-state index contributed by atoms with van der Waals surface area (Å²) >= 11 is 0. The van der Waals surface area contributed by atoms with Crippen molar-refractivity contribution in [3.8, 4) is 0 Å². The molecule has 2 aromatic rings. The maximum absolute atomic E-state index is 9.70. The number of hydrogen-bond acceptors (Lipinski definition) is 4. The number of hydrogen-bond donors (Lipinski definition) is 2. The van der Waals surface area contributed by atoms with Crippen LogP contribution in [-0.2, 0) is 6.42 Å². The van der Waals surface area contributed by atoms with Crippen LogP contribution in [0.5, 0.6) is 0 Å². The number of piperidine rings is 1. The largest absolute Gasteiger partial charge is 0.393 e. The molecule has 4 heteroatoms. The Morgan fingerprint density at radius 2 is 1.92 bits per heavy atom. The Labute approximate surface area is 144 Å². The number of rotatable bonds is 6. The molecule has 1 aromatic heterocycles. The number of anilines is 2. The van der Waals surface area contributed by atoms with Crippen molar-refractivity contribution < 1.29 is 5.11 Å². The van der Waals surface area contributed by atoms with E-state index in [1.807, 2.05) is 12.3 Å². The van der Waals surface area contributed by atoms with Gasteiger partial charge in [0.25, 0.3) is 0 Å². The molecule has 2 N–H and O–H groups in total. The van der Waals surface area contributed by atoms with Gasteiger partial charge in [0, 0.05) is 25.3 Å². The molecule has 1 saturated heterocycles. The lowest BCUT2D eigenvalue weighted by molar-refractivity contribution is 0.145. The van der Waals surface area contributed by atoms with Gasteiger partial charge in [-0.3, -0.25) is 0 Å². The third-order valence-electron chi connectivity index (χ3n) is 4.66. The smallest absolute Gasteiger partial charge is 0.151 e. The summed E-state index contributed by atoms with van der Waals surface area (Å²) in [4.78, 5) is 6.86. The van der Waals surface area contributed by atoms with Crippen molar-refractivity contribution in [1.82, 2.24) is 4.98 Å². The van der Waals surface area contributed by atoms with Crippen LogP contribution in [0.15, 0.2) is 48.7 Å². The van der Waals surface area contributed by atoms with Crippen LogP contribution in [0.3, 0.4) is 0 Å². The molecule has 1 fully saturated rings. The van der Waals surface area contributed by atoms with E-state index in [1.165, 1.54) is 5.56 Å². The van der Waals surface area contributed by atoms with E-state index in [-0.39, 0.29) is 6.10 Å². The van der Waals surface area contributed by atoms with Gasteiger partial charge in [-0.25, -0.2) is 4.98 Å². The van der Waals surface area contributed by atoms with Gasteiger partial charge in [-0.1, -0.05) is 30.3 Å². The van der Waals surface area contributed by atoms with E-state index < -0.39 is 0 Å². The van der Waals surface area contributed by atoms with Gasteiger partial charge in [0.2, 0.25) is 0 Å². The van der Waals surface area contributed by atoms with Gasteiger partial charge >= 0.3 is 0 Å². The van der Waals surface area contributed by atoms with Crippen molar-refractivity contribution in [2.45, 2.75) is 44.8 Å². The van der Waals surface area contributed by atoms with Crippen LogP contribution in [0.2, 0.25) is 0 Å². The minimum atomic E-state index is -0.161. The van der Waals surface area contributed by atoms with Gasteiger partial charge in [0.15, 0.2) is 5.82 Å². The lowest BCUT2D eigenvalue weighted by Crippen LogP contribution is -2.37. The number of aromatic nitrogens is 1. The van der Waals surface area contributed by atoms with E-state index in [4.69, 9.17) is 0 Å². The molecule has 0 bridgehead atoms. The monoisotopic (exact) mass is 325 g/mol. The minimum absolute atomic E-state index is 0.161. The van der Waals surface area contributed by atoms with Crippen molar-refractivity contribution in [3.63, 3.8) is 0 Å². The standard InChI is InChI=1S/C20H27N3O/c1-16(9-10-17-6-3-2-4-7-17)22-19-8-5-13-21-20(19)23-14-11-18(24)12-15-23/h2-8,13,16,18,22,24H,9-12,14-15H2,1H3. The maximum atomic E-state index is 9.70. The first-order chi connectivity index (χ1) is 11.7. The van der Waals surface area contributed by atoms with Gasteiger partial charge in [-0.05, 0) is 50.3 Å². The number of pyridine rings is 1. The minimum Gasteiger partial charge on any atom is -0.393 e. The van der Waals surface area contributed by atoms with Crippen molar-refractivity contribution >= 4 is 11.5 Å². The molecule has 1 aliphatic rings. The Morgan fingerprint density at radius 1 is 1.17 bits per heavy atom. The molecule has 0 amide bonds. The lowest BCUT2D eigenvalue weighted by Gasteiger charge is -2.32. The number of aliphatic hydroxyl groups excluding tert-OH is 1. The highest BCUT2D eigenvalue weighted by Gasteiger charge is 2.20. The molecular weight excluding hydrogens is 298 g/mol. The highest BCUT2D eigenvalue weighted by atomic mass is 16.3. The molecule has 0 saturated carbocycles. The van der Waals surface area contributed by atoms with Crippen LogP contribution >= 0.6 is 0 Å². The van der Waals surface area contributed by atoms with Gasteiger partial charge in [-0.15, -0.1) is 0 Å². The lowest BCUT2D eigenvalue weighted by atomic mass is 10.1. The molecule has 3 rings (SSSR count). The summed E-state index contributed by atoms with van der Waals surface area (Å²) in [7, 11) is 0. The van der Waals surface area contributed by atoms with Crippen LogP contribution in [0.1, 0.15) is 31.7 Å². The molecule has 0 spiro atoms. The maximum Gasteiger partial charge on any atom is 0.151 e. The first kappa shape index (κ1) is 16.8. The summed E-state index contributed by atoms with van der Waals surface area (Å²) in [6.07, 6.45) is 5.47. The summed E-state index contributed by atoms with van der Waals surface area (Å²) in [6.45, 7) is 3.95. The van der Waals surface area contributed by atoms with E-state index in [1.54, 1.807) is 0 Å². The SMILES string of the molecule is CC(CCc1ccccc1)Nc1cccnc1N1CCC(O)CC1. The second-order valence-corrected chi connectivity index (χ2v) is 6.66. The molecular formula is C20H27N3O. The van der Waals surface area contributed by atoms with Crippen LogP contribution in [0.4, 0.5) is 11.5 Å². The Balaban J connectivity index is 1.60. The summed E-state index contributed by atoms with van der Waals surface area (Å²) in [6, 6.07) is 15.1. The summed E-state index contributed by atoms with van der Waals surface area (Å²) < 4.78 is 0. The summed E-state index contributed by atoms with van der Waals surface area (Å²) in [5, 5.41) is 13.3. The zero-order valence-electron chi connectivity index (χ0n) is 14.4. The van der Waals surface area contributed by atoms with E-state index in [2.05, 4.69) is 58.5 Å². The first-order valence-corrected chi connectivity index (χ1v) is 8.91. The highest BCUT2D eigenvalue weighted by Crippen LogP contribution is 2.26. The van der Waals surface area contributed by atoms with Gasteiger partial charge < -0.3 is 15.3 Å². The highest BCUT2D eigenvalue weighted by molar-refractivity contribution is 5.65. The second-order valence-electron chi connectivity index (χ2n) is 6.66. The van der Waals surface area contributed by atoms with E-state index in [9.17, 15) is 5.11 Å².